The number of hydrogen-bond donors (Lipinski definition) is 1. The van der Waals surface area contributed by atoms with Crippen molar-refractivity contribution < 1.29 is 27.0 Å². The zero-order valence-corrected chi connectivity index (χ0v) is 14.8. The summed E-state index contributed by atoms with van der Waals surface area (Å²) in [5.74, 6) is -0.882. The molecule has 2 rings (SSSR count). The fourth-order valence-electron chi connectivity index (χ4n) is 1.84. The lowest BCUT2D eigenvalue weighted by molar-refractivity contribution is -0.137. The third-order valence-electron chi connectivity index (χ3n) is 3.03. The summed E-state index contributed by atoms with van der Waals surface area (Å²) in [7, 11) is 0. The van der Waals surface area contributed by atoms with Gasteiger partial charge in [0.2, 0.25) is 0 Å². The molecule has 0 amide bonds. The van der Waals surface area contributed by atoms with Gasteiger partial charge in [-0.25, -0.2) is 4.39 Å². The molecule has 4 nitrogen and oxygen atoms in total. The Kier molecular flexibility index (Phi) is 8.31. The van der Waals surface area contributed by atoms with Crippen molar-refractivity contribution in [2.45, 2.75) is 33.0 Å². The van der Waals surface area contributed by atoms with E-state index in [1.165, 1.54) is 6.20 Å². The molecule has 1 aromatic heterocycles. The van der Waals surface area contributed by atoms with Gasteiger partial charge in [-0.3, -0.25) is 4.98 Å². The average Bonchev–Trinajstić information content (AvgIpc) is 2.60. The predicted octanol–water partition coefficient (Wildman–Crippen LogP) is 4.36. The van der Waals surface area contributed by atoms with Gasteiger partial charge in [0.15, 0.2) is 11.6 Å². The van der Waals surface area contributed by atoms with Crippen LogP contribution in [0.2, 0.25) is 0 Å². The Morgan fingerprint density at radius 2 is 1.73 bits per heavy atom. The van der Waals surface area contributed by atoms with Gasteiger partial charge in [0.1, 0.15) is 19.0 Å². The Morgan fingerprint density at radius 3 is 2.35 bits per heavy atom. The van der Waals surface area contributed by atoms with Crippen LogP contribution in [0.3, 0.4) is 0 Å². The molecule has 0 saturated carbocycles. The van der Waals surface area contributed by atoms with E-state index in [0.29, 0.717) is 23.9 Å². The van der Waals surface area contributed by atoms with Gasteiger partial charge in [0, 0.05) is 6.20 Å². The second kappa shape index (κ2) is 9.96. The summed E-state index contributed by atoms with van der Waals surface area (Å²) < 4.78 is 61.8. The lowest BCUT2D eigenvalue weighted by atomic mass is 10.2. The van der Waals surface area contributed by atoms with E-state index in [-0.39, 0.29) is 13.2 Å². The smallest absolute Gasteiger partial charge is 0.416 e. The number of hydrogen-bond acceptors (Lipinski definition) is 4. The highest BCUT2D eigenvalue weighted by atomic mass is 19.4. The number of nitrogens with two attached hydrogens (primary N) is 1. The quantitative estimate of drug-likeness (QED) is 0.764. The Morgan fingerprint density at radius 1 is 1.08 bits per heavy atom. The summed E-state index contributed by atoms with van der Waals surface area (Å²) in [6.45, 7) is 5.70. The normalized spacial score (nSPS) is 12.0. The zero-order valence-electron chi connectivity index (χ0n) is 14.8. The van der Waals surface area contributed by atoms with Gasteiger partial charge in [-0.05, 0) is 36.8 Å². The second-order valence-electron chi connectivity index (χ2n) is 5.22. The Balaban J connectivity index is 0.00000163. The molecule has 0 bridgehead atoms. The van der Waals surface area contributed by atoms with Gasteiger partial charge in [-0.15, -0.1) is 0 Å². The van der Waals surface area contributed by atoms with Crippen molar-refractivity contribution in [1.82, 2.24) is 4.98 Å². The van der Waals surface area contributed by atoms with Crippen molar-refractivity contribution in [3.63, 3.8) is 0 Å². The first-order valence-corrected chi connectivity index (χ1v) is 8.05. The van der Waals surface area contributed by atoms with Gasteiger partial charge in [-0.1, -0.05) is 13.8 Å². The van der Waals surface area contributed by atoms with E-state index in [4.69, 9.17) is 15.2 Å². The fourth-order valence-corrected chi connectivity index (χ4v) is 1.84. The second-order valence-corrected chi connectivity index (χ2v) is 5.22. The van der Waals surface area contributed by atoms with Gasteiger partial charge in [0.05, 0.1) is 17.8 Å². The summed E-state index contributed by atoms with van der Waals surface area (Å²) in [4.78, 5) is 3.95. The maximum Gasteiger partial charge on any atom is 0.416 e. The number of aryl methyl sites for hydroxylation is 1. The summed E-state index contributed by atoms with van der Waals surface area (Å²) >= 11 is 0. The molecule has 0 aliphatic rings. The lowest BCUT2D eigenvalue weighted by Crippen LogP contribution is -2.34. The van der Waals surface area contributed by atoms with Gasteiger partial charge < -0.3 is 15.2 Å². The van der Waals surface area contributed by atoms with E-state index in [0.717, 1.165) is 5.56 Å². The van der Waals surface area contributed by atoms with Crippen LogP contribution in [0.1, 0.15) is 25.0 Å². The number of benzene rings is 1. The van der Waals surface area contributed by atoms with Gasteiger partial charge >= 0.3 is 6.18 Å². The van der Waals surface area contributed by atoms with Crippen molar-refractivity contribution >= 4 is 0 Å². The highest BCUT2D eigenvalue weighted by Gasteiger charge is 2.31. The van der Waals surface area contributed by atoms with Crippen LogP contribution in [0.5, 0.6) is 11.5 Å². The van der Waals surface area contributed by atoms with Crippen LogP contribution >= 0.6 is 0 Å². The molecule has 1 heterocycles. The van der Waals surface area contributed by atoms with E-state index in [1.54, 1.807) is 12.3 Å². The van der Waals surface area contributed by atoms with Gasteiger partial charge in [0.25, 0.3) is 0 Å². The van der Waals surface area contributed by atoms with Crippen molar-refractivity contribution in [3.05, 3.63) is 53.6 Å². The van der Waals surface area contributed by atoms with Crippen molar-refractivity contribution in [2.24, 2.45) is 5.73 Å². The number of aromatic nitrogens is 1. The largest absolute Gasteiger partial charge is 0.490 e. The van der Waals surface area contributed by atoms with Crippen molar-refractivity contribution in [2.75, 3.05) is 13.2 Å². The van der Waals surface area contributed by atoms with Crippen molar-refractivity contribution in [1.29, 1.82) is 0 Å². The minimum absolute atomic E-state index is 0.0473. The zero-order chi connectivity index (χ0) is 19.7. The molecule has 0 radical (unpaired) electrons. The molecule has 144 valence electrons. The van der Waals surface area contributed by atoms with E-state index in [2.05, 4.69) is 4.98 Å². The maximum absolute atomic E-state index is 13.5. The fraction of sp³-hybridized carbons (Fsp3) is 0.389. The highest BCUT2D eigenvalue weighted by molar-refractivity contribution is 5.32. The molecule has 0 fully saturated rings. The summed E-state index contributed by atoms with van der Waals surface area (Å²) in [5.41, 5.74) is 5.68. The molecule has 0 saturated heterocycles. The molecule has 0 aliphatic heterocycles. The summed E-state index contributed by atoms with van der Waals surface area (Å²) in [6.07, 6.45) is -1.41. The number of pyridine rings is 1. The first-order chi connectivity index (χ1) is 12.3. The molecule has 8 heteroatoms. The van der Waals surface area contributed by atoms with Crippen LogP contribution in [0.25, 0.3) is 0 Å². The monoisotopic (exact) mass is 374 g/mol. The summed E-state index contributed by atoms with van der Waals surface area (Å²) in [5, 5.41) is 0. The third kappa shape index (κ3) is 6.87. The minimum Gasteiger partial charge on any atom is -0.490 e. The number of ether oxygens (including phenoxy) is 2. The third-order valence-corrected chi connectivity index (χ3v) is 3.03. The standard InChI is InChI=1S/C16H16F4N2O2.C2H6/c1-10-4-13(7-22-6-10)23-8-12(21)9-24-15-5-11(16(18,19)20)2-3-14(15)17;1-2/h2-7,12H,8-9,21H2,1H3;1-2H3. The Hall–Kier alpha value is -2.35. The Bertz CT molecular complexity index is 693. The molecule has 1 unspecified atom stereocenters. The van der Waals surface area contributed by atoms with Crippen LogP contribution < -0.4 is 15.2 Å². The predicted molar refractivity (Wildman–Crippen MR) is 90.7 cm³/mol. The number of nitrogens with zero attached hydrogens (tertiary/aromatic N) is 1. The first-order valence-electron chi connectivity index (χ1n) is 8.05. The van der Waals surface area contributed by atoms with E-state index in [1.807, 2.05) is 20.8 Å². The van der Waals surface area contributed by atoms with Crippen LogP contribution in [-0.4, -0.2) is 24.2 Å². The molecule has 2 aromatic rings. The summed E-state index contributed by atoms with van der Waals surface area (Å²) in [6, 6.07) is 3.06. The number of rotatable bonds is 6. The minimum atomic E-state index is -4.57. The molecule has 1 aromatic carbocycles. The molecular weight excluding hydrogens is 352 g/mol. The van der Waals surface area contributed by atoms with Crippen LogP contribution in [0.4, 0.5) is 17.6 Å². The van der Waals surface area contributed by atoms with Crippen LogP contribution in [0, 0.1) is 12.7 Å². The van der Waals surface area contributed by atoms with Crippen molar-refractivity contribution in [3.8, 4) is 11.5 Å². The molecular formula is C18H22F4N2O2. The highest BCUT2D eigenvalue weighted by Crippen LogP contribution is 2.32. The molecule has 1 atom stereocenters. The SMILES string of the molecule is CC.Cc1cncc(OCC(N)COc2cc(C(F)(F)F)ccc2F)c1. The molecule has 2 N–H and O–H groups in total. The number of alkyl halides is 3. The molecule has 0 spiro atoms. The van der Waals surface area contributed by atoms with E-state index in [9.17, 15) is 17.6 Å². The molecule has 0 aliphatic carbocycles. The van der Waals surface area contributed by atoms with Crippen LogP contribution in [-0.2, 0) is 6.18 Å². The van der Waals surface area contributed by atoms with E-state index >= 15 is 0 Å². The Labute approximate surface area is 149 Å². The average molecular weight is 374 g/mol. The number of halogens is 4. The van der Waals surface area contributed by atoms with E-state index < -0.39 is 29.3 Å². The van der Waals surface area contributed by atoms with Gasteiger partial charge in [-0.2, -0.15) is 13.2 Å². The maximum atomic E-state index is 13.5. The lowest BCUT2D eigenvalue weighted by Gasteiger charge is -2.16. The van der Waals surface area contributed by atoms with Crippen LogP contribution in [0.15, 0.2) is 36.7 Å². The topological polar surface area (TPSA) is 57.4 Å². The molecule has 26 heavy (non-hydrogen) atoms. The first kappa shape index (κ1) is 21.7.